The molecule has 0 aromatic rings. The van der Waals surface area contributed by atoms with E-state index in [4.69, 9.17) is 5.11 Å². The van der Waals surface area contributed by atoms with Crippen LogP contribution in [0.15, 0.2) is 0 Å². The van der Waals surface area contributed by atoms with Crippen molar-refractivity contribution in [2.24, 2.45) is 0 Å². The van der Waals surface area contributed by atoms with Crippen LogP contribution in [-0.4, -0.2) is 36.9 Å². The minimum absolute atomic E-state index is 0.200. The molecule has 12 heavy (non-hydrogen) atoms. The summed E-state index contributed by atoms with van der Waals surface area (Å²) < 4.78 is 39.7. The summed E-state index contributed by atoms with van der Waals surface area (Å²) in [7, 11) is 0. The first kappa shape index (κ1) is 11.4. The molecule has 0 fully saturated rings. The molecule has 0 spiro atoms. The first-order valence-corrected chi connectivity index (χ1v) is 3.26. The number of hydrogen-bond acceptors (Lipinski definition) is 3. The summed E-state index contributed by atoms with van der Waals surface area (Å²) in [5, 5.41) is 8.04. The minimum Gasteiger partial charge on any atom is -0.388 e. The van der Waals surface area contributed by atoms with E-state index >= 15 is 0 Å². The molecule has 6 heteroatoms. The SMILES string of the molecule is O=C(CO)C(F)(F)OCCCF. The number of halogens is 3. The van der Waals surface area contributed by atoms with Gasteiger partial charge < -0.3 is 9.84 Å². The van der Waals surface area contributed by atoms with E-state index in [0.717, 1.165) is 0 Å². The lowest BCUT2D eigenvalue weighted by atomic mass is 10.4. The van der Waals surface area contributed by atoms with Crippen LogP contribution in [0.4, 0.5) is 13.2 Å². The average Bonchev–Trinajstić information content (AvgIpc) is 2.03. The Hall–Kier alpha value is -0.620. The number of Topliss-reactive ketones (excluding diaryl/α,β-unsaturated/α-hetero) is 1. The van der Waals surface area contributed by atoms with E-state index in [2.05, 4.69) is 4.74 Å². The lowest BCUT2D eigenvalue weighted by molar-refractivity contribution is -0.231. The molecular weight excluding hydrogens is 177 g/mol. The number of aliphatic hydroxyl groups is 1. The number of ether oxygens (including phenoxy) is 1. The first-order valence-electron chi connectivity index (χ1n) is 3.26. The molecule has 0 aromatic heterocycles. The van der Waals surface area contributed by atoms with E-state index in [1.165, 1.54) is 0 Å². The maximum absolute atomic E-state index is 12.3. The predicted molar refractivity (Wildman–Crippen MR) is 33.6 cm³/mol. The molecule has 0 rings (SSSR count). The third-order valence-corrected chi connectivity index (χ3v) is 1.03. The van der Waals surface area contributed by atoms with E-state index < -0.39 is 31.8 Å². The van der Waals surface area contributed by atoms with Gasteiger partial charge in [-0.3, -0.25) is 9.18 Å². The van der Waals surface area contributed by atoms with Crippen LogP contribution in [0.1, 0.15) is 6.42 Å². The summed E-state index contributed by atoms with van der Waals surface area (Å²) in [6, 6.07) is 0. The Morgan fingerprint density at radius 3 is 2.50 bits per heavy atom. The van der Waals surface area contributed by atoms with Crippen molar-refractivity contribution >= 4 is 5.78 Å². The summed E-state index contributed by atoms with van der Waals surface area (Å²) in [5.74, 6) is -1.72. The number of ketones is 1. The van der Waals surface area contributed by atoms with Crippen molar-refractivity contribution in [1.82, 2.24) is 0 Å². The molecule has 3 nitrogen and oxygen atoms in total. The highest BCUT2D eigenvalue weighted by atomic mass is 19.3. The van der Waals surface area contributed by atoms with Gasteiger partial charge in [0.1, 0.15) is 6.61 Å². The maximum Gasteiger partial charge on any atom is 0.418 e. The van der Waals surface area contributed by atoms with Crippen molar-refractivity contribution in [3.8, 4) is 0 Å². The highest BCUT2D eigenvalue weighted by Crippen LogP contribution is 2.16. The standard InChI is InChI=1S/C6H9F3O3/c7-2-1-3-12-6(8,9)5(11)4-10/h10H,1-4H2. The number of rotatable bonds is 6. The number of alkyl halides is 3. The fraction of sp³-hybridized carbons (Fsp3) is 0.833. The van der Waals surface area contributed by atoms with Crippen molar-refractivity contribution in [1.29, 1.82) is 0 Å². The topological polar surface area (TPSA) is 46.5 Å². The van der Waals surface area contributed by atoms with E-state index in [-0.39, 0.29) is 6.42 Å². The lowest BCUT2D eigenvalue weighted by Gasteiger charge is -2.13. The number of carbonyl (C=O) groups is 1. The first-order chi connectivity index (χ1) is 5.54. The van der Waals surface area contributed by atoms with Gasteiger partial charge in [-0.2, -0.15) is 8.78 Å². The quantitative estimate of drug-likeness (QED) is 0.615. The van der Waals surface area contributed by atoms with Gasteiger partial charge in [0.25, 0.3) is 5.78 Å². The molecule has 1 N–H and O–H groups in total. The molecule has 0 aliphatic heterocycles. The summed E-state index contributed by atoms with van der Waals surface area (Å²) in [4.78, 5) is 10.2. The van der Waals surface area contributed by atoms with Crippen LogP contribution in [0.2, 0.25) is 0 Å². The van der Waals surface area contributed by atoms with Crippen molar-refractivity contribution < 1.29 is 27.8 Å². The molecule has 0 aliphatic carbocycles. The van der Waals surface area contributed by atoms with Gasteiger partial charge in [0.15, 0.2) is 0 Å². The van der Waals surface area contributed by atoms with Gasteiger partial charge in [-0.25, -0.2) is 0 Å². The summed E-state index contributed by atoms with van der Waals surface area (Å²) in [5.41, 5.74) is 0. The lowest BCUT2D eigenvalue weighted by Crippen LogP contribution is -2.34. The Labute approximate surface area is 67.1 Å². The fourth-order valence-corrected chi connectivity index (χ4v) is 0.427. The van der Waals surface area contributed by atoms with Crippen LogP contribution in [0.5, 0.6) is 0 Å². The van der Waals surface area contributed by atoms with E-state index in [9.17, 15) is 18.0 Å². The largest absolute Gasteiger partial charge is 0.418 e. The Kier molecular flexibility index (Phi) is 4.84. The van der Waals surface area contributed by atoms with Gasteiger partial charge in [-0.1, -0.05) is 0 Å². The van der Waals surface area contributed by atoms with Crippen molar-refractivity contribution in [2.75, 3.05) is 19.9 Å². The Morgan fingerprint density at radius 2 is 2.08 bits per heavy atom. The van der Waals surface area contributed by atoms with Crippen LogP contribution in [-0.2, 0) is 9.53 Å². The zero-order chi connectivity index (χ0) is 9.61. The smallest absolute Gasteiger partial charge is 0.388 e. The fourth-order valence-electron chi connectivity index (χ4n) is 0.427. The normalized spacial score (nSPS) is 11.7. The van der Waals surface area contributed by atoms with Crippen molar-refractivity contribution in [2.45, 2.75) is 12.5 Å². The molecular formula is C6H9F3O3. The molecule has 72 valence electrons. The highest BCUT2D eigenvalue weighted by molar-refractivity contribution is 5.85. The summed E-state index contributed by atoms with van der Waals surface area (Å²) in [6.07, 6.45) is -4.20. The van der Waals surface area contributed by atoms with Gasteiger partial charge in [0.2, 0.25) is 0 Å². The minimum atomic E-state index is -4.00. The third-order valence-electron chi connectivity index (χ3n) is 1.03. The van der Waals surface area contributed by atoms with E-state index in [0.29, 0.717) is 0 Å². The van der Waals surface area contributed by atoms with Crippen molar-refractivity contribution in [3.63, 3.8) is 0 Å². The monoisotopic (exact) mass is 186 g/mol. The highest BCUT2D eigenvalue weighted by Gasteiger charge is 2.38. The van der Waals surface area contributed by atoms with Gasteiger partial charge in [-0.05, 0) is 6.42 Å². The number of hydrogen-bond donors (Lipinski definition) is 1. The number of carbonyl (C=O) groups excluding carboxylic acids is 1. The molecule has 0 atom stereocenters. The zero-order valence-corrected chi connectivity index (χ0v) is 6.23. The molecule has 0 amide bonds. The summed E-state index contributed by atoms with van der Waals surface area (Å²) >= 11 is 0. The Balaban J connectivity index is 3.78. The molecule has 0 saturated heterocycles. The van der Waals surface area contributed by atoms with E-state index in [1.54, 1.807) is 0 Å². The molecule has 0 heterocycles. The van der Waals surface area contributed by atoms with Gasteiger partial charge in [-0.15, -0.1) is 0 Å². The van der Waals surface area contributed by atoms with E-state index in [1.807, 2.05) is 0 Å². The van der Waals surface area contributed by atoms with Crippen LogP contribution in [0.3, 0.4) is 0 Å². The van der Waals surface area contributed by atoms with Gasteiger partial charge >= 0.3 is 6.11 Å². The zero-order valence-electron chi connectivity index (χ0n) is 6.23. The molecule has 0 bridgehead atoms. The number of aliphatic hydroxyl groups excluding tert-OH is 1. The van der Waals surface area contributed by atoms with Crippen LogP contribution in [0, 0.1) is 0 Å². The molecule has 0 radical (unpaired) electrons. The summed E-state index contributed by atoms with van der Waals surface area (Å²) in [6.45, 7) is -2.62. The molecule has 0 unspecified atom stereocenters. The molecule has 0 saturated carbocycles. The van der Waals surface area contributed by atoms with Gasteiger partial charge in [0, 0.05) is 0 Å². The van der Waals surface area contributed by atoms with Gasteiger partial charge in [0.05, 0.1) is 13.3 Å². The molecule has 0 aromatic carbocycles. The Bertz CT molecular complexity index is 149. The molecule has 0 aliphatic rings. The second-order valence-electron chi connectivity index (χ2n) is 1.99. The van der Waals surface area contributed by atoms with Crippen LogP contribution >= 0.6 is 0 Å². The van der Waals surface area contributed by atoms with Crippen molar-refractivity contribution in [3.05, 3.63) is 0 Å². The van der Waals surface area contributed by atoms with Crippen LogP contribution < -0.4 is 0 Å². The Morgan fingerprint density at radius 1 is 1.50 bits per heavy atom. The maximum atomic E-state index is 12.3. The third kappa shape index (κ3) is 3.68. The predicted octanol–water partition coefficient (Wildman–Crippen LogP) is 0.517. The van der Waals surface area contributed by atoms with Crippen LogP contribution in [0.25, 0.3) is 0 Å². The average molecular weight is 186 g/mol. The second kappa shape index (κ2) is 5.10. The second-order valence-corrected chi connectivity index (χ2v) is 1.99.